The summed E-state index contributed by atoms with van der Waals surface area (Å²) in [4.78, 5) is 11.9. The van der Waals surface area contributed by atoms with E-state index in [2.05, 4.69) is 17.5 Å². The molecule has 0 bridgehead atoms. The Balaban J connectivity index is 2.37. The maximum absolute atomic E-state index is 11.9. The van der Waals surface area contributed by atoms with Crippen LogP contribution in [-0.2, 0) is 4.79 Å². The van der Waals surface area contributed by atoms with Crippen LogP contribution in [0.1, 0.15) is 26.2 Å². The van der Waals surface area contributed by atoms with Crippen molar-refractivity contribution in [2.24, 2.45) is 0 Å². The third kappa shape index (κ3) is 2.51. The summed E-state index contributed by atoms with van der Waals surface area (Å²) in [5.41, 5.74) is 3.14. The molecule has 84 valence electrons. The van der Waals surface area contributed by atoms with E-state index >= 15 is 0 Å². The van der Waals surface area contributed by atoms with Crippen molar-refractivity contribution >= 4 is 5.91 Å². The van der Waals surface area contributed by atoms with Gasteiger partial charge in [-0.25, -0.2) is 0 Å². The van der Waals surface area contributed by atoms with E-state index in [0.29, 0.717) is 0 Å². The number of rotatable bonds is 0. The molecule has 2 rings (SSSR count). The van der Waals surface area contributed by atoms with Gasteiger partial charge in [0.05, 0.1) is 0 Å². The van der Waals surface area contributed by atoms with Gasteiger partial charge in [-0.1, -0.05) is 29.9 Å². The van der Waals surface area contributed by atoms with Gasteiger partial charge in [-0.15, -0.1) is 0 Å². The summed E-state index contributed by atoms with van der Waals surface area (Å²) < 4.78 is 0. The predicted octanol–water partition coefficient (Wildman–Crippen LogP) is 2.66. The van der Waals surface area contributed by atoms with Gasteiger partial charge in [-0.3, -0.25) is 4.79 Å². The fraction of sp³-hybridized carbons (Fsp3) is 0.357. The summed E-state index contributed by atoms with van der Waals surface area (Å²) in [5, 5.41) is 2.95. The van der Waals surface area contributed by atoms with Crippen LogP contribution in [0.25, 0.3) is 0 Å². The molecule has 2 aliphatic rings. The van der Waals surface area contributed by atoms with Crippen molar-refractivity contribution < 1.29 is 4.79 Å². The van der Waals surface area contributed by atoms with E-state index in [-0.39, 0.29) is 5.91 Å². The minimum absolute atomic E-state index is 0.0605. The van der Waals surface area contributed by atoms with Crippen molar-refractivity contribution in [3.63, 3.8) is 0 Å². The molecule has 1 aliphatic carbocycles. The first-order valence-corrected chi connectivity index (χ1v) is 5.82. The number of hydrogen-bond donors (Lipinski definition) is 1. The molecule has 1 heterocycles. The second-order valence-electron chi connectivity index (χ2n) is 4.26. The van der Waals surface area contributed by atoms with Gasteiger partial charge in [0.15, 0.2) is 0 Å². The molecule has 0 atom stereocenters. The van der Waals surface area contributed by atoms with Crippen molar-refractivity contribution in [3.8, 4) is 0 Å². The van der Waals surface area contributed by atoms with Crippen LogP contribution in [0.4, 0.5) is 0 Å². The summed E-state index contributed by atoms with van der Waals surface area (Å²) in [6, 6.07) is 0. The molecule has 0 aromatic heterocycles. The lowest BCUT2D eigenvalue weighted by molar-refractivity contribution is -0.117. The Hall–Kier alpha value is -1.57. The molecular weight excluding hydrogens is 198 g/mol. The van der Waals surface area contributed by atoms with E-state index in [1.54, 1.807) is 0 Å². The number of nitrogens with one attached hydrogen (secondary N) is 1. The Labute approximate surface area is 96.4 Å². The molecule has 0 aromatic carbocycles. The molecule has 2 nitrogen and oxygen atoms in total. The SMILES string of the molecule is CC1=C/C=C/C2=C(/C=C1)C(=O)NCCCC2. The Morgan fingerprint density at radius 1 is 1.19 bits per heavy atom. The average molecular weight is 215 g/mol. The quantitative estimate of drug-likeness (QED) is 0.661. The van der Waals surface area contributed by atoms with Crippen LogP contribution >= 0.6 is 0 Å². The van der Waals surface area contributed by atoms with Gasteiger partial charge in [0.1, 0.15) is 0 Å². The smallest absolute Gasteiger partial charge is 0.251 e. The first-order chi connectivity index (χ1) is 7.77. The normalized spacial score (nSPS) is 27.8. The van der Waals surface area contributed by atoms with Crippen molar-refractivity contribution in [1.29, 1.82) is 0 Å². The third-order valence-electron chi connectivity index (χ3n) is 2.92. The Morgan fingerprint density at radius 2 is 2.06 bits per heavy atom. The highest BCUT2D eigenvalue weighted by atomic mass is 16.1. The van der Waals surface area contributed by atoms with Crippen LogP contribution in [-0.4, -0.2) is 12.5 Å². The molecule has 0 spiro atoms. The van der Waals surface area contributed by atoms with E-state index in [0.717, 1.165) is 42.5 Å². The lowest BCUT2D eigenvalue weighted by Crippen LogP contribution is -2.27. The fourth-order valence-corrected chi connectivity index (χ4v) is 1.96. The van der Waals surface area contributed by atoms with Crippen LogP contribution in [0.2, 0.25) is 0 Å². The van der Waals surface area contributed by atoms with Gasteiger partial charge in [0, 0.05) is 12.1 Å². The summed E-state index contributed by atoms with van der Waals surface area (Å²) in [6.45, 7) is 2.83. The molecule has 0 aromatic rings. The second kappa shape index (κ2) is 4.97. The zero-order valence-corrected chi connectivity index (χ0v) is 9.62. The molecule has 16 heavy (non-hydrogen) atoms. The zero-order valence-electron chi connectivity index (χ0n) is 9.62. The third-order valence-corrected chi connectivity index (χ3v) is 2.92. The van der Waals surface area contributed by atoms with Crippen LogP contribution in [0.15, 0.2) is 47.1 Å². The monoisotopic (exact) mass is 215 g/mol. The highest BCUT2D eigenvalue weighted by Gasteiger charge is 2.13. The Bertz CT molecular complexity index is 410. The Morgan fingerprint density at radius 3 is 2.94 bits per heavy atom. The molecule has 0 unspecified atom stereocenters. The van der Waals surface area contributed by atoms with E-state index in [1.165, 1.54) is 0 Å². The fourth-order valence-electron chi connectivity index (χ4n) is 1.96. The molecule has 1 N–H and O–H groups in total. The van der Waals surface area contributed by atoms with E-state index in [9.17, 15) is 4.79 Å². The molecule has 2 heteroatoms. The summed E-state index contributed by atoms with van der Waals surface area (Å²) in [6.07, 6.45) is 13.3. The summed E-state index contributed by atoms with van der Waals surface area (Å²) in [7, 11) is 0. The van der Waals surface area contributed by atoms with Gasteiger partial charge < -0.3 is 5.32 Å². The highest BCUT2D eigenvalue weighted by Crippen LogP contribution is 2.20. The molecular formula is C14H17NO. The number of amides is 1. The van der Waals surface area contributed by atoms with Gasteiger partial charge in [-0.2, -0.15) is 0 Å². The van der Waals surface area contributed by atoms with E-state index < -0.39 is 0 Å². The van der Waals surface area contributed by atoms with Crippen molar-refractivity contribution in [2.75, 3.05) is 6.54 Å². The van der Waals surface area contributed by atoms with Crippen molar-refractivity contribution in [1.82, 2.24) is 5.32 Å². The van der Waals surface area contributed by atoms with Gasteiger partial charge in [0.2, 0.25) is 0 Å². The molecule has 0 fully saturated rings. The zero-order chi connectivity index (χ0) is 11.4. The summed E-state index contributed by atoms with van der Waals surface area (Å²) in [5.74, 6) is 0.0605. The van der Waals surface area contributed by atoms with Crippen LogP contribution in [0.3, 0.4) is 0 Å². The maximum Gasteiger partial charge on any atom is 0.251 e. The first-order valence-electron chi connectivity index (χ1n) is 5.82. The Kier molecular flexibility index (Phi) is 3.40. The molecule has 0 saturated carbocycles. The number of carbonyl (C=O) groups is 1. The number of hydrogen-bond acceptors (Lipinski definition) is 1. The highest BCUT2D eigenvalue weighted by molar-refractivity contribution is 5.97. The van der Waals surface area contributed by atoms with E-state index in [1.807, 2.05) is 25.2 Å². The van der Waals surface area contributed by atoms with Gasteiger partial charge in [-0.05, 0) is 37.8 Å². The molecule has 0 saturated heterocycles. The second-order valence-corrected chi connectivity index (χ2v) is 4.26. The summed E-state index contributed by atoms with van der Waals surface area (Å²) >= 11 is 0. The van der Waals surface area contributed by atoms with Crippen LogP contribution in [0.5, 0.6) is 0 Å². The largest absolute Gasteiger partial charge is 0.352 e. The van der Waals surface area contributed by atoms with Gasteiger partial charge in [0.25, 0.3) is 5.91 Å². The standard InChI is InChI=1S/C14H17NO/c1-11-5-4-7-12-6-2-3-10-15-14(16)13(12)9-8-11/h4-5,7-9H,2-3,6,10H2,1H3,(H,15,16)/b5-4?,7-4+,9-8?,11-5?,11-8?,12-7?,13-9?,13-12-. The molecule has 1 amide bonds. The van der Waals surface area contributed by atoms with Crippen LogP contribution in [0, 0.1) is 0 Å². The maximum atomic E-state index is 11.9. The minimum Gasteiger partial charge on any atom is -0.352 e. The van der Waals surface area contributed by atoms with E-state index in [4.69, 9.17) is 0 Å². The van der Waals surface area contributed by atoms with Crippen molar-refractivity contribution in [2.45, 2.75) is 26.2 Å². The molecule has 1 aliphatic heterocycles. The van der Waals surface area contributed by atoms with Crippen molar-refractivity contribution in [3.05, 3.63) is 47.1 Å². The number of allylic oxidation sites excluding steroid dienone is 6. The topological polar surface area (TPSA) is 29.1 Å². The lowest BCUT2D eigenvalue weighted by atomic mass is 9.96. The molecule has 0 radical (unpaired) electrons. The minimum atomic E-state index is 0.0605. The number of carbonyl (C=O) groups excluding carboxylic acids is 1. The average Bonchev–Trinajstić information content (AvgIpc) is 2.22. The first kappa shape index (κ1) is 10.9. The van der Waals surface area contributed by atoms with Crippen LogP contribution < -0.4 is 5.32 Å². The van der Waals surface area contributed by atoms with Gasteiger partial charge >= 0.3 is 0 Å². The lowest BCUT2D eigenvalue weighted by Gasteiger charge is -2.15. The predicted molar refractivity (Wildman–Crippen MR) is 65.9 cm³/mol.